The molecule has 232 valence electrons. The normalized spacial score (nSPS) is 16.8. The van der Waals surface area contributed by atoms with Gasteiger partial charge in [-0.25, -0.2) is 4.39 Å². The van der Waals surface area contributed by atoms with Gasteiger partial charge in [0.15, 0.2) is 5.92 Å². The van der Waals surface area contributed by atoms with Crippen molar-refractivity contribution in [1.82, 2.24) is 0 Å². The van der Waals surface area contributed by atoms with Crippen molar-refractivity contribution in [2.24, 2.45) is 11.8 Å². The highest BCUT2D eigenvalue weighted by Crippen LogP contribution is 2.46. The third-order valence-electron chi connectivity index (χ3n) is 8.13. The molecular formula is C35H38FNO7. The van der Waals surface area contributed by atoms with Crippen LogP contribution in [0.2, 0.25) is 0 Å². The van der Waals surface area contributed by atoms with Crippen molar-refractivity contribution < 1.29 is 38.5 Å². The largest absolute Gasteiger partial charge is 0.481 e. The molecule has 0 aliphatic carbocycles. The van der Waals surface area contributed by atoms with Crippen LogP contribution in [0.25, 0.3) is 0 Å². The number of carboxylic acid groups (broad SMARTS) is 2. The molecule has 9 heteroatoms. The van der Waals surface area contributed by atoms with Gasteiger partial charge in [-0.05, 0) is 85.0 Å². The summed E-state index contributed by atoms with van der Waals surface area (Å²) in [5.74, 6) is -5.37. The Morgan fingerprint density at radius 3 is 2.02 bits per heavy atom. The summed E-state index contributed by atoms with van der Waals surface area (Å²) in [5, 5.41) is 18.2. The highest BCUT2D eigenvalue weighted by molar-refractivity contribution is 6.03. The fourth-order valence-electron chi connectivity index (χ4n) is 5.86. The summed E-state index contributed by atoms with van der Waals surface area (Å²) in [6.45, 7) is 3.44. The maximum absolute atomic E-state index is 13.6. The Balaban J connectivity index is 1.53. The van der Waals surface area contributed by atoms with Crippen LogP contribution in [-0.2, 0) is 36.8 Å². The number of carboxylic acids is 2. The average molecular weight is 604 g/mol. The number of aryl methyl sites for hydroxylation is 2. The predicted molar refractivity (Wildman–Crippen MR) is 162 cm³/mol. The van der Waals surface area contributed by atoms with E-state index in [2.05, 4.69) is 6.92 Å². The molecule has 4 rings (SSSR count). The Morgan fingerprint density at radius 1 is 0.864 bits per heavy atom. The Kier molecular flexibility index (Phi) is 10.9. The number of amides is 1. The summed E-state index contributed by atoms with van der Waals surface area (Å²) < 4.78 is 19.1. The van der Waals surface area contributed by atoms with Gasteiger partial charge in [-0.3, -0.25) is 19.2 Å². The van der Waals surface area contributed by atoms with E-state index in [-0.39, 0.29) is 24.3 Å². The molecule has 1 fully saturated rings. The molecule has 1 saturated heterocycles. The molecular weight excluding hydrogens is 565 g/mol. The van der Waals surface area contributed by atoms with Crippen LogP contribution < -0.4 is 4.90 Å². The van der Waals surface area contributed by atoms with E-state index in [0.717, 1.165) is 29.7 Å². The highest BCUT2D eigenvalue weighted by Gasteiger charge is 2.48. The van der Waals surface area contributed by atoms with E-state index in [1.807, 2.05) is 48.5 Å². The molecule has 1 aliphatic heterocycles. The lowest BCUT2D eigenvalue weighted by atomic mass is 9.78. The Hall–Kier alpha value is -4.53. The van der Waals surface area contributed by atoms with Crippen LogP contribution in [-0.4, -0.2) is 34.0 Å². The van der Waals surface area contributed by atoms with Crippen molar-refractivity contribution in [3.8, 4) is 0 Å². The van der Waals surface area contributed by atoms with Gasteiger partial charge < -0.3 is 19.8 Å². The number of halogens is 1. The lowest BCUT2D eigenvalue weighted by molar-refractivity contribution is -0.155. The van der Waals surface area contributed by atoms with Crippen molar-refractivity contribution in [1.29, 1.82) is 0 Å². The van der Waals surface area contributed by atoms with Crippen molar-refractivity contribution in [2.45, 2.75) is 70.9 Å². The molecule has 3 aromatic carbocycles. The minimum Gasteiger partial charge on any atom is -0.481 e. The first kappa shape index (κ1) is 32.4. The van der Waals surface area contributed by atoms with Crippen LogP contribution in [0.3, 0.4) is 0 Å². The number of β-lactam (4-membered cyclic amide) rings is 1. The Bertz CT molecular complexity index is 1440. The van der Waals surface area contributed by atoms with Gasteiger partial charge in [0.05, 0.1) is 12.0 Å². The van der Waals surface area contributed by atoms with Gasteiger partial charge in [-0.1, -0.05) is 61.9 Å². The third-order valence-corrected chi connectivity index (χ3v) is 8.13. The van der Waals surface area contributed by atoms with E-state index in [4.69, 9.17) is 14.9 Å². The van der Waals surface area contributed by atoms with Crippen LogP contribution in [0.1, 0.15) is 80.4 Å². The van der Waals surface area contributed by atoms with Gasteiger partial charge >= 0.3 is 17.9 Å². The van der Waals surface area contributed by atoms with Crippen LogP contribution in [0.15, 0.2) is 72.8 Å². The van der Waals surface area contributed by atoms with Crippen LogP contribution in [0.5, 0.6) is 0 Å². The van der Waals surface area contributed by atoms with Gasteiger partial charge in [0.2, 0.25) is 5.91 Å². The molecule has 1 aliphatic rings. The summed E-state index contributed by atoms with van der Waals surface area (Å²) in [6, 6.07) is 21.3. The maximum atomic E-state index is 13.6. The lowest BCUT2D eigenvalue weighted by Gasteiger charge is -2.48. The number of aliphatic carboxylic acids is 2. The number of rotatable bonds is 15. The summed E-state index contributed by atoms with van der Waals surface area (Å²) >= 11 is 0. The minimum absolute atomic E-state index is 0.0311. The number of hydrogen-bond acceptors (Lipinski definition) is 5. The van der Waals surface area contributed by atoms with Crippen LogP contribution >= 0.6 is 0 Å². The standard InChI is InChI=1S/C35H38FNO7/c1-3-5-23-10-18-28(19-11-23)37-32(26-12-8-24(9-13-26)6-4-7-30(34(40)41)35(42)43)29(33(37)39)20-21-31(44-22(2)38)25-14-16-27(36)17-15-25/h8-19,29-32H,3-7,20-21H2,1-2H3,(H,40,41)(H,42,43)/t29-,31+,32-/m1/s1. The van der Waals surface area contributed by atoms with Crippen molar-refractivity contribution in [3.63, 3.8) is 0 Å². The first-order valence-electron chi connectivity index (χ1n) is 15.0. The fourth-order valence-corrected chi connectivity index (χ4v) is 5.86. The molecule has 0 unspecified atom stereocenters. The molecule has 0 aromatic heterocycles. The van der Waals surface area contributed by atoms with E-state index < -0.39 is 35.7 Å². The molecule has 1 heterocycles. The molecule has 44 heavy (non-hydrogen) atoms. The van der Waals surface area contributed by atoms with Gasteiger partial charge in [0.1, 0.15) is 11.9 Å². The number of anilines is 1. The fraction of sp³-hybridized carbons (Fsp3) is 0.371. The van der Waals surface area contributed by atoms with E-state index in [9.17, 15) is 23.6 Å². The molecule has 0 spiro atoms. The maximum Gasteiger partial charge on any atom is 0.317 e. The Labute approximate surface area is 256 Å². The van der Waals surface area contributed by atoms with Gasteiger partial charge in [0, 0.05) is 12.6 Å². The van der Waals surface area contributed by atoms with Crippen molar-refractivity contribution in [2.75, 3.05) is 4.90 Å². The number of esters is 1. The molecule has 0 bridgehead atoms. The quantitative estimate of drug-likeness (QED) is 0.113. The number of carbonyl (C=O) groups excluding carboxylic acids is 2. The molecule has 2 N–H and O–H groups in total. The summed E-state index contributed by atoms with van der Waals surface area (Å²) in [5.41, 5.74) is 4.51. The van der Waals surface area contributed by atoms with Crippen LogP contribution in [0.4, 0.5) is 10.1 Å². The van der Waals surface area contributed by atoms with E-state index >= 15 is 0 Å². The topological polar surface area (TPSA) is 121 Å². The number of benzene rings is 3. The zero-order valence-corrected chi connectivity index (χ0v) is 24.9. The molecule has 3 atom stereocenters. The smallest absolute Gasteiger partial charge is 0.317 e. The zero-order chi connectivity index (χ0) is 31.8. The summed E-state index contributed by atoms with van der Waals surface area (Å²) in [7, 11) is 0. The first-order valence-corrected chi connectivity index (χ1v) is 15.0. The number of nitrogens with zero attached hydrogens (tertiary/aromatic N) is 1. The van der Waals surface area contributed by atoms with Crippen molar-refractivity contribution in [3.05, 3.63) is 101 Å². The minimum atomic E-state index is -1.43. The second kappa shape index (κ2) is 14.8. The second-order valence-electron chi connectivity index (χ2n) is 11.3. The van der Waals surface area contributed by atoms with Gasteiger partial charge in [0.25, 0.3) is 0 Å². The third kappa shape index (κ3) is 7.89. The van der Waals surface area contributed by atoms with E-state index in [1.54, 1.807) is 17.0 Å². The van der Waals surface area contributed by atoms with Crippen molar-refractivity contribution >= 4 is 29.5 Å². The highest BCUT2D eigenvalue weighted by atomic mass is 19.1. The molecule has 3 aromatic rings. The van der Waals surface area contributed by atoms with Crippen LogP contribution in [0, 0.1) is 17.7 Å². The molecule has 0 saturated carbocycles. The second-order valence-corrected chi connectivity index (χ2v) is 11.3. The number of carbonyl (C=O) groups is 4. The SMILES string of the molecule is CCCc1ccc(N2C(=O)[C@H](CC[C@H](OC(C)=O)c3ccc(F)cc3)[C@H]2c2ccc(CCCC(C(=O)O)C(=O)O)cc2)cc1. The zero-order valence-electron chi connectivity index (χ0n) is 24.9. The summed E-state index contributed by atoms with van der Waals surface area (Å²) in [4.78, 5) is 49.7. The predicted octanol–water partition coefficient (Wildman–Crippen LogP) is 6.68. The first-order chi connectivity index (χ1) is 21.1. The summed E-state index contributed by atoms with van der Waals surface area (Å²) in [6.07, 6.45) is 3.13. The number of ether oxygens (including phenoxy) is 1. The lowest BCUT2D eigenvalue weighted by Crippen LogP contribution is -2.55. The molecule has 1 amide bonds. The van der Waals surface area contributed by atoms with E-state index in [1.165, 1.54) is 24.6 Å². The molecule has 8 nitrogen and oxygen atoms in total. The van der Waals surface area contributed by atoms with E-state index in [0.29, 0.717) is 31.2 Å². The number of hydrogen-bond donors (Lipinski definition) is 2. The van der Waals surface area contributed by atoms with Gasteiger partial charge in [-0.15, -0.1) is 0 Å². The molecule has 0 radical (unpaired) electrons. The monoisotopic (exact) mass is 603 g/mol. The average Bonchev–Trinajstić information content (AvgIpc) is 2.98. The van der Waals surface area contributed by atoms with Gasteiger partial charge in [-0.2, -0.15) is 0 Å². The Morgan fingerprint density at radius 2 is 1.45 bits per heavy atom.